The van der Waals surface area contributed by atoms with E-state index in [-0.39, 0.29) is 12.5 Å². The van der Waals surface area contributed by atoms with Crippen molar-refractivity contribution in [1.82, 2.24) is 5.32 Å². The number of ether oxygens (including phenoxy) is 2. The highest BCUT2D eigenvalue weighted by Gasteiger charge is 2.44. The molecule has 0 bridgehead atoms. The number of rotatable bonds is 34. The molecule has 1 rings (SSSR count). The first kappa shape index (κ1) is 47.0. The van der Waals surface area contributed by atoms with Crippen molar-refractivity contribution in [2.45, 2.75) is 230 Å². The van der Waals surface area contributed by atoms with Crippen LogP contribution in [0.1, 0.15) is 187 Å². The van der Waals surface area contributed by atoms with E-state index in [2.05, 4.69) is 19.2 Å². The molecule has 1 saturated heterocycles. The number of hydrogen-bond acceptors (Lipinski definition) is 8. The van der Waals surface area contributed by atoms with Gasteiger partial charge in [-0.15, -0.1) is 0 Å². The van der Waals surface area contributed by atoms with Gasteiger partial charge in [-0.2, -0.15) is 0 Å². The van der Waals surface area contributed by atoms with Crippen LogP contribution >= 0.6 is 0 Å². The molecule has 0 spiro atoms. The zero-order chi connectivity index (χ0) is 36.7. The third-order valence-corrected chi connectivity index (χ3v) is 10.1. The van der Waals surface area contributed by atoms with Crippen LogP contribution < -0.4 is 5.32 Å². The number of nitrogens with one attached hydrogen (secondary N) is 1. The maximum absolute atomic E-state index is 12.9. The smallest absolute Gasteiger partial charge is 0.220 e. The monoisotopic (exact) mass is 714 g/mol. The summed E-state index contributed by atoms with van der Waals surface area (Å²) >= 11 is 0. The van der Waals surface area contributed by atoms with Gasteiger partial charge in [0.2, 0.25) is 5.91 Å². The Labute approximate surface area is 306 Å². The molecule has 9 heteroatoms. The molecule has 1 aliphatic rings. The number of aliphatic hydroxyl groups excluding tert-OH is 5. The van der Waals surface area contributed by atoms with Crippen molar-refractivity contribution in [2.24, 2.45) is 0 Å². The molecule has 1 aliphatic heterocycles. The topological polar surface area (TPSA) is 149 Å². The molecule has 9 nitrogen and oxygen atoms in total. The van der Waals surface area contributed by atoms with E-state index < -0.39 is 49.5 Å². The van der Waals surface area contributed by atoms with E-state index in [4.69, 9.17) is 9.47 Å². The van der Waals surface area contributed by atoms with Crippen LogP contribution in [0.4, 0.5) is 0 Å². The molecular weight excluding hydrogens is 634 g/mol. The molecule has 296 valence electrons. The van der Waals surface area contributed by atoms with E-state index in [0.717, 1.165) is 38.5 Å². The number of allylic oxidation sites excluding steroid dienone is 1. The van der Waals surface area contributed by atoms with E-state index >= 15 is 0 Å². The van der Waals surface area contributed by atoms with Crippen molar-refractivity contribution in [3.05, 3.63) is 12.2 Å². The summed E-state index contributed by atoms with van der Waals surface area (Å²) in [5, 5.41) is 53.9. The van der Waals surface area contributed by atoms with Gasteiger partial charge in [0.1, 0.15) is 24.4 Å². The van der Waals surface area contributed by atoms with Crippen LogP contribution in [0.15, 0.2) is 12.2 Å². The third kappa shape index (κ3) is 23.5. The number of hydrogen-bond donors (Lipinski definition) is 6. The molecule has 1 heterocycles. The predicted octanol–water partition coefficient (Wildman–Crippen LogP) is 7.78. The standard InChI is InChI=1S/C41H79NO8/c1-3-5-7-9-11-13-14-15-16-17-18-19-20-21-23-25-27-29-31-37(45)42-34(35(44)30-28-26-24-22-12-10-8-6-4-2)33-49-41-40(48)39(47)38(46)36(32-43)50-41/h28,30,34-36,38-41,43-44,46-48H,3-27,29,31-33H2,1-2H3,(H,42,45)/b30-28+/t34-,35+,36-,38-,39?,40?,41-/m0/s1. The van der Waals surface area contributed by atoms with E-state index in [1.54, 1.807) is 6.08 Å². The first-order chi connectivity index (χ1) is 24.3. The number of unbranched alkanes of at least 4 members (excludes halogenated alkanes) is 24. The van der Waals surface area contributed by atoms with Gasteiger partial charge in [-0.3, -0.25) is 4.79 Å². The second kappa shape index (κ2) is 32.6. The van der Waals surface area contributed by atoms with Crippen LogP contribution in [-0.2, 0) is 14.3 Å². The van der Waals surface area contributed by atoms with Gasteiger partial charge in [0, 0.05) is 6.42 Å². The van der Waals surface area contributed by atoms with E-state index in [1.807, 2.05) is 6.08 Å². The summed E-state index contributed by atoms with van der Waals surface area (Å²) in [6, 6.07) is -0.796. The van der Waals surface area contributed by atoms with E-state index in [0.29, 0.717) is 6.42 Å². The van der Waals surface area contributed by atoms with Crippen LogP contribution in [0, 0.1) is 0 Å². The first-order valence-corrected chi connectivity index (χ1v) is 20.9. The van der Waals surface area contributed by atoms with Gasteiger partial charge in [-0.05, 0) is 19.3 Å². The number of aliphatic hydroxyl groups is 5. The lowest BCUT2D eigenvalue weighted by Crippen LogP contribution is -2.60. The second-order valence-electron chi connectivity index (χ2n) is 14.8. The normalized spacial score (nSPS) is 22.3. The SMILES string of the molecule is CCCCCCCCC/C=C/[C@@H](O)[C@H](CO[C@H]1O[C@@H](CO)[C@H](O)C(O)C1O)NC(=O)CCCCCCCCCCCCCCCCCCCC. The lowest BCUT2D eigenvalue weighted by atomic mass is 9.99. The number of amides is 1. The van der Waals surface area contributed by atoms with Crippen LogP contribution in [0.2, 0.25) is 0 Å². The van der Waals surface area contributed by atoms with Crippen LogP contribution in [0.5, 0.6) is 0 Å². The average molecular weight is 714 g/mol. The molecule has 0 aliphatic carbocycles. The molecule has 0 aromatic carbocycles. The fourth-order valence-corrected chi connectivity index (χ4v) is 6.68. The van der Waals surface area contributed by atoms with Crippen LogP contribution in [0.25, 0.3) is 0 Å². The molecule has 0 aromatic heterocycles. The Bertz CT molecular complexity index is 797. The lowest BCUT2D eigenvalue weighted by Gasteiger charge is -2.40. The Hall–Kier alpha value is -1.07. The number of carbonyl (C=O) groups is 1. The Balaban J connectivity index is 2.33. The molecule has 7 atom stereocenters. The van der Waals surface area contributed by atoms with Crippen molar-refractivity contribution < 1.29 is 39.8 Å². The molecule has 2 unspecified atom stereocenters. The van der Waals surface area contributed by atoms with Gasteiger partial charge in [0.15, 0.2) is 6.29 Å². The molecule has 1 amide bonds. The highest BCUT2D eigenvalue weighted by atomic mass is 16.7. The van der Waals surface area contributed by atoms with Crippen molar-refractivity contribution in [3.8, 4) is 0 Å². The first-order valence-electron chi connectivity index (χ1n) is 20.9. The average Bonchev–Trinajstić information content (AvgIpc) is 3.11. The van der Waals surface area contributed by atoms with Crippen molar-refractivity contribution in [2.75, 3.05) is 13.2 Å². The largest absolute Gasteiger partial charge is 0.394 e. The van der Waals surface area contributed by atoms with Gasteiger partial charge in [-0.25, -0.2) is 0 Å². The fraction of sp³-hybridized carbons (Fsp3) is 0.927. The number of carbonyl (C=O) groups excluding carboxylic acids is 1. The molecule has 0 radical (unpaired) electrons. The highest BCUT2D eigenvalue weighted by Crippen LogP contribution is 2.22. The van der Waals surface area contributed by atoms with E-state index in [9.17, 15) is 30.3 Å². The Kier molecular flexibility index (Phi) is 30.6. The molecule has 6 N–H and O–H groups in total. The summed E-state index contributed by atoms with van der Waals surface area (Å²) in [5.41, 5.74) is 0. The Morgan fingerprint density at radius 2 is 1.10 bits per heavy atom. The summed E-state index contributed by atoms with van der Waals surface area (Å²) in [6.45, 7) is 3.74. The zero-order valence-corrected chi connectivity index (χ0v) is 32.2. The molecule has 1 fully saturated rings. The molecule has 0 aromatic rings. The maximum Gasteiger partial charge on any atom is 0.220 e. The summed E-state index contributed by atoms with van der Waals surface area (Å²) < 4.78 is 11.2. The van der Waals surface area contributed by atoms with Gasteiger partial charge in [0.05, 0.1) is 25.4 Å². The Morgan fingerprint density at radius 3 is 1.56 bits per heavy atom. The van der Waals surface area contributed by atoms with Gasteiger partial charge in [0.25, 0.3) is 0 Å². The predicted molar refractivity (Wildman–Crippen MR) is 203 cm³/mol. The van der Waals surface area contributed by atoms with E-state index in [1.165, 1.54) is 128 Å². The summed E-state index contributed by atoms with van der Waals surface area (Å²) in [5.74, 6) is -0.177. The minimum atomic E-state index is -1.56. The Morgan fingerprint density at radius 1 is 0.660 bits per heavy atom. The van der Waals surface area contributed by atoms with Gasteiger partial charge >= 0.3 is 0 Å². The highest BCUT2D eigenvalue weighted by molar-refractivity contribution is 5.76. The van der Waals surface area contributed by atoms with Crippen molar-refractivity contribution >= 4 is 5.91 Å². The quantitative estimate of drug-likeness (QED) is 0.0293. The van der Waals surface area contributed by atoms with Crippen LogP contribution in [0.3, 0.4) is 0 Å². The lowest BCUT2D eigenvalue weighted by molar-refractivity contribution is -0.302. The third-order valence-electron chi connectivity index (χ3n) is 10.1. The van der Waals surface area contributed by atoms with Gasteiger partial charge in [-0.1, -0.05) is 174 Å². The molecule has 0 saturated carbocycles. The minimum absolute atomic E-state index is 0.177. The van der Waals surface area contributed by atoms with Crippen molar-refractivity contribution in [3.63, 3.8) is 0 Å². The summed E-state index contributed by atoms with van der Waals surface area (Å²) in [6.07, 6.45) is 28.3. The zero-order valence-electron chi connectivity index (χ0n) is 32.2. The fourth-order valence-electron chi connectivity index (χ4n) is 6.68. The molecular formula is C41H79NO8. The van der Waals surface area contributed by atoms with Crippen LogP contribution in [-0.4, -0.2) is 87.5 Å². The minimum Gasteiger partial charge on any atom is -0.394 e. The summed E-state index contributed by atoms with van der Waals surface area (Å²) in [7, 11) is 0. The van der Waals surface area contributed by atoms with Gasteiger partial charge < -0.3 is 40.3 Å². The maximum atomic E-state index is 12.9. The van der Waals surface area contributed by atoms with Crippen molar-refractivity contribution in [1.29, 1.82) is 0 Å². The summed E-state index contributed by atoms with van der Waals surface area (Å²) in [4.78, 5) is 12.9. The second-order valence-corrected chi connectivity index (χ2v) is 14.8. The molecule has 50 heavy (non-hydrogen) atoms.